The van der Waals surface area contributed by atoms with E-state index in [2.05, 4.69) is 89.2 Å². The van der Waals surface area contributed by atoms with E-state index < -0.39 is 0 Å². The van der Waals surface area contributed by atoms with E-state index in [0.717, 1.165) is 5.71 Å². The van der Waals surface area contributed by atoms with Crippen molar-refractivity contribution in [3.63, 3.8) is 0 Å². The number of para-hydroxylation sites is 1. The Hall–Kier alpha value is -2.16. The molecule has 3 aromatic rings. The maximum Gasteiger partial charge on any atom is 0.206 e. The van der Waals surface area contributed by atoms with Gasteiger partial charge in [0.05, 0.1) is 23.5 Å². The van der Waals surface area contributed by atoms with Gasteiger partial charge in [0.1, 0.15) is 0 Å². The standard InChI is InChI=1S/C24H30N2O/c1-14-10-9-11-17-19(14)26-15(2)18-16-12-13-27-21(16)25(8)20(18)24(26,7)23(5,6)22(17,3)4/h9-13,15H,1-8H3/t15-,24?/m0/s1. The largest absolute Gasteiger partial charge is 0.448 e. The normalized spacial score (nSPS) is 27.6. The second-order valence-electron chi connectivity index (χ2n) is 9.80. The van der Waals surface area contributed by atoms with Crippen molar-refractivity contribution in [3.8, 4) is 0 Å². The minimum absolute atomic E-state index is 0.0177. The number of hydrogen-bond acceptors (Lipinski definition) is 2. The van der Waals surface area contributed by atoms with Crippen LogP contribution in [0.5, 0.6) is 0 Å². The van der Waals surface area contributed by atoms with Gasteiger partial charge in [-0.3, -0.25) is 0 Å². The maximum absolute atomic E-state index is 5.88. The molecule has 4 heterocycles. The van der Waals surface area contributed by atoms with Crippen molar-refractivity contribution in [2.75, 3.05) is 4.90 Å². The molecule has 1 unspecified atom stereocenters. The number of nitrogens with zero attached hydrogens (tertiary/aromatic N) is 2. The van der Waals surface area contributed by atoms with Crippen LogP contribution in [0, 0.1) is 12.3 Å². The fourth-order valence-corrected chi connectivity index (χ4v) is 6.26. The monoisotopic (exact) mass is 362 g/mol. The summed E-state index contributed by atoms with van der Waals surface area (Å²) in [5, 5.41) is 1.26. The lowest BCUT2D eigenvalue weighted by molar-refractivity contribution is 0.0607. The van der Waals surface area contributed by atoms with Crippen LogP contribution in [0.1, 0.15) is 70.0 Å². The van der Waals surface area contributed by atoms with Gasteiger partial charge in [-0.25, -0.2) is 0 Å². The van der Waals surface area contributed by atoms with E-state index in [9.17, 15) is 0 Å². The van der Waals surface area contributed by atoms with Crippen LogP contribution < -0.4 is 4.90 Å². The van der Waals surface area contributed by atoms with Crippen LogP contribution in [-0.2, 0) is 18.0 Å². The fourth-order valence-electron chi connectivity index (χ4n) is 6.26. The molecule has 142 valence electrons. The molecule has 2 aliphatic heterocycles. The van der Waals surface area contributed by atoms with Crippen LogP contribution in [0.15, 0.2) is 34.9 Å². The van der Waals surface area contributed by atoms with E-state index in [0.29, 0.717) is 6.04 Å². The molecule has 0 bridgehead atoms. The second-order valence-corrected chi connectivity index (χ2v) is 9.80. The minimum Gasteiger partial charge on any atom is -0.448 e. The molecule has 1 aromatic carbocycles. The molecule has 3 nitrogen and oxygen atoms in total. The van der Waals surface area contributed by atoms with Crippen molar-refractivity contribution in [3.05, 3.63) is 52.9 Å². The third-order valence-corrected chi connectivity index (χ3v) is 8.51. The van der Waals surface area contributed by atoms with Gasteiger partial charge >= 0.3 is 0 Å². The third kappa shape index (κ3) is 1.54. The molecular formula is C24H30N2O. The molecule has 0 saturated heterocycles. The lowest BCUT2D eigenvalue weighted by Gasteiger charge is -2.62. The molecule has 0 N–H and O–H groups in total. The molecule has 0 amide bonds. The maximum atomic E-state index is 5.88. The zero-order valence-electron chi connectivity index (χ0n) is 17.8. The number of aryl methyl sites for hydroxylation is 2. The highest BCUT2D eigenvalue weighted by molar-refractivity contribution is 5.87. The fraction of sp³-hybridized carbons (Fsp3) is 0.500. The summed E-state index contributed by atoms with van der Waals surface area (Å²) in [5.74, 6) is 0. The minimum atomic E-state index is -0.124. The number of furan rings is 1. The van der Waals surface area contributed by atoms with Crippen molar-refractivity contribution < 1.29 is 4.42 Å². The number of rotatable bonds is 0. The molecule has 0 spiro atoms. The summed E-state index contributed by atoms with van der Waals surface area (Å²) in [5.41, 5.74) is 8.02. The van der Waals surface area contributed by atoms with E-state index in [1.807, 2.05) is 6.26 Å². The first kappa shape index (κ1) is 17.0. The van der Waals surface area contributed by atoms with Gasteiger partial charge in [0.25, 0.3) is 0 Å². The summed E-state index contributed by atoms with van der Waals surface area (Å²) in [7, 11) is 2.17. The zero-order valence-corrected chi connectivity index (χ0v) is 17.8. The predicted molar refractivity (Wildman–Crippen MR) is 111 cm³/mol. The van der Waals surface area contributed by atoms with Gasteiger partial charge in [0.2, 0.25) is 5.71 Å². The molecule has 0 aliphatic carbocycles. The quantitative estimate of drug-likeness (QED) is 0.475. The van der Waals surface area contributed by atoms with Crippen molar-refractivity contribution in [2.45, 2.75) is 65.5 Å². The van der Waals surface area contributed by atoms with E-state index in [1.165, 1.54) is 33.5 Å². The summed E-state index contributed by atoms with van der Waals surface area (Å²) in [6.45, 7) is 16.8. The molecule has 0 fully saturated rings. The van der Waals surface area contributed by atoms with Crippen LogP contribution in [-0.4, -0.2) is 4.57 Å². The van der Waals surface area contributed by atoms with E-state index in [1.54, 1.807) is 0 Å². The van der Waals surface area contributed by atoms with Crippen LogP contribution in [0.2, 0.25) is 0 Å². The summed E-state index contributed by atoms with van der Waals surface area (Å²) < 4.78 is 8.18. The highest BCUT2D eigenvalue weighted by Gasteiger charge is 2.65. The average molecular weight is 363 g/mol. The molecule has 2 aliphatic rings. The first-order valence-electron chi connectivity index (χ1n) is 10.0. The molecule has 2 aromatic heterocycles. The first-order valence-corrected chi connectivity index (χ1v) is 10.0. The summed E-state index contributed by atoms with van der Waals surface area (Å²) in [4.78, 5) is 2.71. The highest BCUT2D eigenvalue weighted by Crippen LogP contribution is 2.68. The third-order valence-electron chi connectivity index (χ3n) is 8.51. The Morgan fingerprint density at radius 3 is 2.44 bits per heavy atom. The van der Waals surface area contributed by atoms with E-state index in [4.69, 9.17) is 4.42 Å². The van der Waals surface area contributed by atoms with Gasteiger partial charge in [-0.1, -0.05) is 45.9 Å². The molecular weight excluding hydrogens is 332 g/mol. The Bertz CT molecular complexity index is 1100. The first-order chi connectivity index (χ1) is 12.6. The topological polar surface area (TPSA) is 21.3 Å². The second kappa shape index (κ2) is 4.63. The van der Waals surface area contributed by atoms with Gasteiger partial charge in [0.15, 0.2) is 0 Å². The van der Waals surface area contributed by atoms with Gasteiger partial charge in [0, 0.05) is 29.1 Å². The smallest absolute Gasteiger partial charge is 0.206 e. The van der Waals surface area contributed by atoms with Gasteiger partial charge in [-0.2, -0.15) is 0 Å². The SMILES string of the molecule is Cc1cccc2c1N1[C@@H](C)c3c(n(C)c4occc34)C1(C)C(C)(C)C2(C)C. The highest BCUT2D eigenvalue weighted by atomic mass is 16.3. The van der Waals surface area contributed by atoms with E-state index in [-0.39, 0.29) is 16.4 Å². The van der Waals surface area contributed by atoms with Gasteiger partial charge in [-0.15, -0.1) is 0 Å². The summed E-state index contributed by atoms with van der Waals surface area (Å²) in [6, 6.07) is 9.27. The van der Waals surface area contributed by atoms with Crippen LogP contribution in [0.3, 0.4) is 0 Å². The Balaban J connectivity index is 1.97. The Morgan fingerprint density at radius 2 is 1.74 bits per heavy atom. The van der Waals surface area contributed by atoms with E-state index >= 15 is 0 Å². The number of aromatic nitrogens is 1. The molecule has 0 saturated carbocycles. The number of benzene rings is 1. The molecule has 27 heavy (non-hydrogen) atoms. The molecule has 3 heteroatoms. The Kier molecular flexibility index (Phi) is 2.91. The summed E-state index contributed by atoms with van der Waals surface area (Å²) in [6.07, 6.45) is 1.82. The van der Waals surface area contributed by atoms with Gasteiger partial charge < -0.3 is 13.9 Å². The number of anilines is 1. The number of hydrogen-bond donors (Lipinski definition) is 0. The summed E-state index contributed by atoms with van der Waals surface area (Å²) >= 11 is 0. The van der Waals surface area contributed by atoms with Crippen molar-refractivity contribution in [2.24, 2.45) is 12.5 Å². The van der Waals surface area contributed by atoms with Crippen molar-refractivity contribution in [1.82, 2.24) is 4.57 Å². The molecule has 0 radical (unpaired) electrons. The predicted octanol–water partition coefficient (Wildman–Crippen LogP) is 6.19. The Morgan fingerprint density at radius 1 is 1.04 bits per heavy atom. The van der Waals surface area contributed by atoms with Crippen LogP contribution in [0.4, 0.5) is 5.69 Å². The lowest BCUT2D eigenvalue weighted by atomic mass is 9.52. The van der Waals surface area contributed by atoms with Gasteiger partial charge in [-0.05, 0) is 43.4 Å². The van der Waals surface area contributed by atoms with Crippen LogP contribution in [0.25, 0.3) is 11.1 Å². The molecule has 2 atom stereocenters. The average Bonchev–Trinajstić information content (AvgIpc) is 3.22. The Labute approximate surface area is 162 Å². The zero-order chi connectivity index (χ0) is 19.5. The molecule has 5 rings (SSSR count). The number of fused-ring (bicyclic) bond motifs is 7. The van der Waals surface area contributed by atoms with Crippen LogP contribution >= 0.6 is 0 Å². The lowest BCUT2D eigenvalue weighted by Crippen LogP contribution is -2.62. The van der Waals surface area contributed by atoms with Crippen molar-refractivity contribution in [1.29, 1.82) is 0 Å². The van der Waals surface area contributed by atoms with Crippen molar-refractivity contribution >= 4 is 16.8 Å².